The number of nitrogens with zero attached hydrogens (tertiary/aromatic N) is 5. The van der Waals surface area contributed by atoms with Crippen molar-refractivity contribution in [3.63, 3.8) is 0 Å². The molecule has 0 unspecified atom stereocenters. The van der Waals surface area contributed by atoms with E-state index in [2.05, 4.69) is 26.0 Å². The third kappa shape index (κ3) is 4.90. The molecule has 38 heavy (non-hydrogen) atoms. The summed E-state index contributed by atoms with van der Waals surface area (Å²) in [5.41, 5.74) is 2.09. The fourth-order valence-electron chi connectivity index (χ4n) is 5.13. The Morgan fingerprint density at radius 3 is 2.68 bits per heavy atom. The molecule has 1 saturated carbocycles. The van der Waals surface area contributed by atoms with Crippen molar-refractivity contribution in [3.8, 4) is 0 Å². The highest BCUT2D eigenvalue weighted by molar-refractivity contribution is 5.60. The lowest BCUT2D eigenvalue weighted by Gasteiger charge is -2.28. The number of aromatic nitrogens is 5. The molecule has 6 rings (SSSR count). The zero-order valence-corrected chi connectivity index (χ0v) is 21.1. The van der Waals surface area contributed by atoms with Crippen molar-refractivity contribution in [2.24, 2.45) is 5.92 Å². The minimum absolute atomic E-state index is 0.0891. The van der Waals surface area contributed by atoms with Gasteiger partial charge in [-0.2, -0.15) is 22.8 Å². The van der Waals surface area contributed by atoms with Crippen molar-refractivity contribution in [1.82, 2.24) is 29.3 Å². The number of aliphatic hydroxyl groups excluding tert-OH is 1. The number of aliphatic hydroxyl groups is 1. The van der Waals surface area contributed by atoms with Crippen LogP contribution in [-0.2, 0) is 19.1 Å². The number of rotatable bonds is 8. The van der Waals surface area contributed by atoms with Crippen LogP contribution in [0.15, 0.2) is 30.7 Å². The number of nitrogens with one attached hydrogen (secondary N) is 3. The summed E-state index contributed by atoms with van der Waals surface area (Å²) in [4.78, 5) is 9.07. The molecule has 2 atom stereocenters. The van der Waals surface area contributed by atoms with E-state index in [-0.39, 0.29) is 24.0 Å². The first-order valence-electron chi connectivity index (χ1n) is 13.1. The Bertz CT molecular complexity index is 1460. The molecule has 9 nitrogen and oxygen atoms in total. The van der Waals surface area contributed by atoms with Gasteiger partial charge >= 0.3 is 6.18 Å². The van der Waals surface area contributed by atoms with E-state index in [1.165, 1.54) is 10.5 Å². The van der Waals surface area contributed by atoms with Gasteiger partial charge < -0.3 is 25.5 Å². The van der Waals surface area contributed by atoms with Crippen molar-refractivity contribution in [2.45, 2.75) is 57.3 Å². The SMILES string of the molecule is CCc1cnn2c(NCc3cn4cc(C5CC5)cc(C(F)(F)F)c4n3)cc(NC[C@H]3CCNC[C@@H]3O)nc12. The summed E-state index contributed by atoms with van der Waals surface area (Å²) in [7, 11) is 0. The van der Waals surface area contributed by atoms with E-state index in [1.54, 1.807) is 23.1 Å². The average molecular weight is 529 g/mol. The number of alkyl halides is 3. The predicted octanol–water partition coefficient (Wildman–Crippen LogP) is 3.83. The lowest BCUT2D eigenvalue weighted by atomic mass is 9.95. The summed E-state index contributed by atoms with van der Waals surface area (Å²) in [6.07, 6.45) is 3.74. The summed E-state index contributed by atoms with van der Waals surface area (Å²) in [5.74, 6) is 1.60. The van der Waals surface area contributed by atoms with Crippen LogP contribution in [-0.4, -0.2) is 54.8 Å². The molecule has 202 valence electrons. The minimum atomic E-state index is -4.48. The van der Waals surface area contributed by atoms with Crippen LogP contribution in [0.25, 0.3) is 11.3 Å². The van der Waals surface area contributed by atoms with Gasteiger partial charge in [0.15, 0.2) is 5.65 Å². The van der Waals surface area contributed by atoms with Gasteiger partial charge in [0.25, 0.3) is 0 Å². The molecule has 12 heteroatoms. The van der Waals surface area contributed by atoms with Crippen molar-refractivity contribution in [2.75, 3.05) is 30.3 Å². The molecule has 1 aliphatic carbocycles. The standard InChI is InChI=1S/C26H31F3N8O/c1-2-15-10-33-37-23(8-22(35-24(15)37)31-9-17-5-6-30-12-21(17)38)32-11-19-14-36-13-18(16-3-4-16)7-20(25(36)34-19)26(27,28)29/h7-8,10,13-14,16-17,21,30,32,38H,2-6,9,11-12H2,1H3,(H,31,35)/t17-,21+/m1/s1. The number of anilines is 2. The minimum Gasteiger partial charge on any atom is -0.391 e. The molecule has 0 aromatic carbocycles. The van der Waals surface area contributed by atoms with Crippen LogP contribution >= 0.6 is 0 Å². The molecule has 4 aromatic rings. The lowest BCUT2D eigenvalue weighted by molar-refractivity contribution is -0.136. The maximum Gasteiger partial charge on any atom is 0.419 e. The number of halogens is 3. The second-order valence-electron chi connectivity index (χ2n) is 10.3. The van der Waals surface area contributed by atoms with Crippen molar-refractivity contribution >= 4 is 22.9 Å². The molecule has 4 aromatic heterocycles. The first-order chi connectivity index (χ1) is 18.3. The van der Waals surface area contributed by atoms with E-state index >= 15 is 0 Å². The third-order valence-electron chi connectivity index (χ3n) is 7.49. The van der Waals surface area contributed by atoms with E-state index in [1.807, 2.05) is 13.0 Å². The van der Waals surface area contributed by atoms with Crippen molar-refractivity contribution in [3.05, 3.63) is 53.1 Å². The molecule has 0 bridgehead atoms. The first kappa shape index (κ1) is 24.9. The van der Waals surface area contributed by atoms with Gasteiger partial charge in [0.1, 0.15) is 17.3 Å². The summed E-state index contributed by atoms with van der Waals surface area (Å²) < 4.78 is 44.6. The van der Waals surface area contributed by atoms with Crippen LogP contribution in [0.4, 0.5) is 24.8 Å². The van der Waals surface area contributed by atoms with Gasteiger partial charge in [0.05, 0.1) is 30.1 Å². The summed E-state index contributed by atoms with van der Waals surface area (Å²) >= 11 is 0. The Hall–Kier alpha value is -3.38. The second-order valence-corrected chi connectivity index (χ2v) is 10.3. The zero-order chi connectivity index (χ0) is 26.4. The molecule has 1 saturated heterocycles. The maximum absolute atomic E-state index is 13.8. The van der Waals surface area contributed by atoms with E-state index in [4.69, 9.17) is 4.98 Å². The number of β-amino-alcohol motifs (C(OH)–C–C–N with tert-alkyl or cyclic N) is 1. The van der Waals surface area contributed by atoms with Crippen LogP contribution in [0, 0.1) is 5.92 Å². The van der Waals surface area contributed by atoms with Crippen LogP contribution in [0.3, 0.4) is 0 Å². The average Bonchev–Trinajstić information content (AvgIpc) is 3.53. The third-order valence-corrected chi connectivity index (χ3v) is 7.49. The van der Waals surface area contributed by atoms with Crippen LogP contribution in [0.2, 0.25) is 0 Å². The lowest BCUT2D eigenvalue weighted by Crippen LogP contribution is -2.43. The smallest absolute Gasteiger partial charge is 0.391 e. The van der Waals surface area contributed by atoms with Gasteiger partial charge in [-0.25, -0.2) is 9.97 Å². The first-order valence-corrected chi connectivity index (χ1v) is 13.1. The number of piperidine rings is 1. The molecule has 0 amide bonds. The van der Waals surface area contributed by atoms with E-state index in [0.717, 1.165) is 37.8 Å². The van der Waals surface area contributed by atoms with E-state index in [0.29, 0.717) is 41.6 Å². The Kier molecular flexibility index (Phi) is 6.39. The number of hydrogen-bond acceptors (Lipinski definition) is 7. The Morgan fingerprint density at radius 2 is 1.95 bits per heavy atom. The number of aryl methyl sites for hydroxylation is 1. The van der Waals surface area contributed by atoms with Gasteiger partial charge in [-0.05, 0) is 49.8 Å². The predicted molar refractivity (Wildman–Crippen MR) is 137 cm³/mol. The summed E-state index contributed by atoms with van der Waals surface area (Å²) in [6.45, 7) is 4.26. The fourth-order valence-corrected chi connectivity index (χ4v) is 5.13. The Morgan fingerprint density at radius 1 is 1.11 bits per heavy atom. The highest BCUT2D eigenvalue weighted by Gasteiger charge is 2.36. The van der Waals surface area contributed by atoms with E-state index in [9.17, 15) is 18.3 Å². The van der Waals surface area contributed by atoms with Crippen molar-refractivity contribution in [1.29, 1.82) is 0 Å². The van der Waals surface area contributed by atoms with Gasteiger partial charge in [0.2, 0.25) is 0 Å². The molecule has 2 aliphatic rings. The quantitative estimate of drug-likeness (QED) is 0.276. The largest absolute Gasteiger partial charge is 0.419 e. The molecule has 2 fully saturated rings. The fraction of sp³-hybridized carbons (Fsp3) is 0.500. The zero-order valence-electron chi connectivity index (χ0n) is 21.1. The maximum atomic E-state index is 13.8. The molecular formula is C26H31F3N8O. The van der Waals surface area contributed by atoms with Crippen molar-refractivity contribution < 1.29 is 18.3 Å². The van der Waals surface area contributed by atoms with E-state index < -0.39 is 17.8 Å². The second kappa shape index (κ2) is 9.73. The normalized spacial score (nSPS) is 20.3. The van der Waals surface area contributed by atoms with Crippen LogP contribution in [0.5, 0.6) is 0 Å². The number of pyridine rings is 1. The van der Waals surface area contributed by atoms with Gasteiger partial charge in [-0.1, -0.05) is 6.92 Å². The summed E-state index contributed by atoms with van der Waals surface area (Å²) in [5, 5.41) is 24.6. The van der Waals surface area contributed by atoms with Gasteiger partial charge in [-0.15, -0.1) is 0 Å². The molecule has 1 aliphatic heterocycles. The molecule has 0 spiro atoms. The highest BCUT2D eigenvalue weighted by Crippen LogP contribution is 2.42. The number of hydrogen-bond donors (Lipinski definition) is 4. The monoisotopic (exact) mass is 528 g/mol. The summed E-state index contributed by atoms with van der Waals surface area (Å²) in [6, 6.07) is 3.08. The molecule has 5 heterocycles. The topological polar surface area (TPSA) is 104 Å². The van der Waals surface area contributed by atoms with Gasteiger partial charge in [-0.3, -0.25) is 0 Å². The van der Waals surface area contributed by atoms with Crippen LogP contribution < -0.4 is 16.0 Å². The van der Waals surface area contributed by atoms with Gasteiger partial charge in [0, 0.05) is 43.0 Å². The number of imidazole rings is 1. The molecule has 0 radical (unpaired) electrons. The Labute approximate surface area is 217 Å². The molecule has 4 N–H and O–H groups in total. The molecular weight excluding hydrogens is 497 g/mol. The highest BCUT2D eigenvalue weighted by atomic mass is 19.4. The number of fused-ring (bicyclic) bond motifs is 2. The van der Waals surface area contributed by atoms with Crippen LogP contribution in [0.1, 0.15) is 54.5 Å². The Balaban J connectivity index is 1.27.